The minimum atomic E-state index is -4.76. The Morgan fingerprint density at radius 1 is 1.33 bits per heavy atom. The van der Waals surface area contributed by atoms with Gasteiger partial charge >= 0.3 is 13.8 Å². The van der Waals surface area contributed by atoms with Gasteiger partial charge < -0.3 is 45.3 Å². The zero-order valence-corrected chi connectivity index (χ0v) is 33.3. The molecule has 55 heavy (non-hydrogen) atoms. The summed E-state index contributed by atoms with van der Waals surface area (Å²) in [7, 11) is -4.35. The Hall–Kier alpha value is -3.60. The number of phosphoric ester groups is 1. The smallest absolute Gasteiger partial charge is 0.456 e. The highest BCUT2D eigenvalue weighted by Gasteiger charge is 2.42. The van der Waals surface area contributed by atoms with E-state index in [4.69, 9.17) is 35.7 Å². The largest absolute Gasteiger partial charge is 0.477 e. The first-order valence-electron chi connectivity index (χ1n) is 16.9. The summed E-state index contributed by atoms with van der Waals surface area (Å²) in [5, 5.41) is 6.88. The lowest BCUT2D eigenvalue weighted by molar-refractivity contribution is -0.121. The molecule has 1 fully saturated rings. The van der Waals surface area contributed by atoms with Gasteiger partial charge in [0.15, 0.2) is 0 Å². The number of esters is 1. The van der Waals surface area contributed by atoms with Crippen LogP contribution >= 0.6 is 37.4 Å². The summed E-state index contributed by atoms with van der Waals surface area (Å²) in [5.41, 5.74) is 22.0. The van der Waals surface area contributed by atoms with Crippen molar-refractivity contribution < 1.29 is 47.0 Å². The van der Waals surface area contributed by atoms with Crippen LogP contribution in [-0.2, 0) is 32.4 Å². The molecule has 1 amide bonds. The molecule has 3 heterocycles. The van der Waals surface area contributed by atoms with E-state index < -0.39 is 52.9 Å². The zero-order valence-electron chi connectivity index (χ0n) is 29.8. The molecule has 23 heteroatoms. The number of carbonyl (C=O) groups excluding carboxylic acids is 2. The van der Waals surface area contributed by atoms with Crippen LogP contribution in [0.25, 0.3) is 21.5 Å². The van der Waals surface area contributed by atoms with E-state index in [0.29, 0.717) is 54.1 Å². The first-order valence-corrected chi connectivity index (χ1v) is 22.4. The normalized spacial score (nSPS) is 18.7. The minimum Gasteiger partial charge on any atom is -0.456 e. The molecular formula is C32H43N9O10P2S2. The number of hydrogen-bond acceptors (Lipinski definition) is 16. The van der Waals surface area contributed by atoms with E-state index in [1.165, 1.54) is 12.4 Å². The highest BCUT2D eigenvalue weighted by Crippen LogP contribution is 2.51. The highest BCUT2D eigenvalue weighted by atomic mass is 33.1. The minimum absolute atomic E-state index is 0.0164. The standard InChI is InChI=1S/C32H43N9O10P2S2/c1-21(39-40-35)23-9-3-4-10-24(23)32(43)50-25-16-28(49-26(25)18-48-53(45,46)51-52(2)44)41-17-22(29-30(34)37-19-38-31(29)41)8-7-13-36-27(42)11-5-6-14-47-20-55-54-15-12-33/h3-4,9-10,17,19,21,25-26,28,44,52H,2,5-6,11-16,18,20,33H2,1H3,(H,36,42)(H,45,46)(H2,34,37,38)/t21?,25?,26-,28-/m1/s1. The Morgan fingerprint density at radius 2 is 2.13 bits per heavy atom. The Kier molecular flexibility index (Phi) is 17.8. The van der Waals surface area contributed by atoms with Crippen LogP contribution in [0.15, 0.2) is 41.9 Å². The van der Waals surface area contributed by atoms with Gasteiger partial charge in [-0.05, 0) is 30.0 Å². The van der Waals surface area contributed by atoms with Crippen molar-refractivity contribution in [2.75, 3.05) is 43.7 Å². The van der Waals surface area contributed by atoms with Crippen LogP contribution in [0.2, 0.25) is 0 Å². The Labute approximate surface area is 325 Å². The maximum atomic E-state index is 13.5. The zero-order chi connectivity index (χ0) is 39.8. The van der Waals surface area contributed by atoms with Crippen molar-refractivity contribution in [1.82, 2.24) is 19.9 Å². The second kappa shape index (κ2) is 22.2. The number of nitrogens with zero attached hydrogens (tertiary/aromatic N) is 6. The summed E-state index contributed by atoms with van der Waals surface area (Å²) >= 11 is 0. The van der Waals surface area contributed by atoms with Gasteiger partial charge in [0.2, 0.25) is 5.91 Å². The molecule has 0 bridgehead atoms. The summed E-state index contributed by atoms with van der Waals surface area (Å²) in [4.78, 5) is 56.8. The number of fused-ring (bicyclic) bond motifs is 1. The first-order chi connectivity index (χ1) is 26.4. The van der Waals surface area contributed by atoms with E-state index in [1.807, 2.05) is 0 Å². The lowest BCUT2D eigenvalue weighted by atomic mass is 10.0. The quantitative estimate of drug-likeness (QED) is 0.0114. The molecule has 7 N–H and O–H groups in total. The van der Waals surface area contributed by atoms with Gasteiger partial charge in [0.25, 0.3) is 0 Å². The van der Waals surface area contributed by atoms with E-state index >= 15 is 0 Å². The van der Waals surface area contributed by atoms with Gasteiger partial charge in [0.05, 0.1) is 35.7 Å². The van der Waals surface area contributed by atoms with Gasteiger partial charge in [-0.2, -0.15) is 0 Å². The van der Waals surface area contributed by atoms with E-state index in [1.54, 1.807) is 57.5 Å². The third-order valence-corrected chi connectivity index (χ3v) is 12.2. The highest BCUT2D eigenvalue weighted by molar-refractivity contribution is 8.76. The van der Waals surface area contributed by atoms with E-state index in [0.717, 1.165) is 12.2 Å². The molecule has 0 spiro atoms. The van der Waals surface area contributed by atoms with Crippen molar-refractivity contribution in [3.8, 4) is 11.8 Å². The number of nitrogens with one attached hydrogen (secondary N) is 1. The monoisotopic (exact) mass is 839 g/mol. The molecule has 1 saturated heterocycles. The first kappa shape index (κ1) is 44.1. The summed E-state index contributed by atoms with van der Waals surface area (Å²) in [5.74, 6) is 6.58. The maximum absolute atomic E-state index is 13.5. The molecule has 1 aliphatic rings. The summed E-state index contributed by atoms with van der Waals surface area (Å²) in [6.45, 7) is 2.28. The molecule has 4 rings (SSSR count). The van der Waals surface area contributed by atoms with Gasteiger partial charge in [-0.25, -0.2) is 23.6 Å². The Balaban J connectivity index is 1.48. The average molecular weight is 840 g/mol. The molecule has 19 nitrogen and oxygen atoms in total. The summed E-state index contributed by atoms with van der Waals surface area (Å²) in [6.07, 6.45) is 4.79. The van der Waals surface area contributed by atoms with Gasteiger partial charge in [0.1, 0.15) is 50.2 Å². The van der Waals surface area contributed by atoms with Crippen LogP contribution in [0, 0.1) is 11.8 Å². The van der Waals surface area contributed by atoms with Crippen LogP contribution in [0.1, 0.15) is 66.4 Å². The number of nitrogen functional groups attached to an aromatic ring is 1. The maximum Gasteiger partial charge on any atom is 0.477 e. The fourth-order valence-electron chi connectivity index (χ4n) is 5.38. The number of rotatable bonds is 21. The fourth-order valence-corrected chi connectivity index (χ4v) is 8.51. The van der Waals surface area contributed by atoms with E-state index in [2.05, 4.69) is 47.8 Å². The van der Waals surface area contributed by atoms with Crippen molar-refractivity contribution in [3.63, 3.8) is 0 Å². The number of amides is 1. The van der Waals surface area contributed by atoms with E-state index in [-0.39, 0.29) is 30.3 Å². The van der Waals surface area contributed by atoms with Crippen molar-refractivity contribution in [2.45, 2.75) is 57.1 Å². The number of hydrogen-bond donors (Lipinski definition) is 5. The number of aromatic nitrogens is 3. The number of anilines is 1. The van der Waals surface area contributed by atoms with Crippen LogP contribution in [0.5, 0.6) is 0 Å². The number of nitrogens with two attached hydrogens (primary N) is 2. The van der Waals surface area contributed by atoms with Crippen LogP contribution in [0.3, 0.4) is 0 Å². The topological polar surface area (TPSA) is 281 Å². The van der Waals surface area contributed by atoms with Gasteiger partial charge in [-0.15, -0.1) is 0 Å². The number of benzene rings is 1. The van der Waals surface area contributed by atoms with Crippen molar-refractivity contribution in [1.29, 1.82) is 0 Å². The Morgan fingerprint density at radius 3 is 2.89 bits per heavy atom. The summed E-state index contributed by atoms with van der Waals surface area (Å²) < 4.78 is 41.4. The van der Waals surface area contributed by atoms with Crippen LogP contribution in [-0.4, -0.2) is 92.7 Å². The van der Waals surface area contributed by atoms with Gasteiger partial charge in [-0.1, -0.05) is 70.0 Å². The molecule has 0 saturated carbocycles. The molecule has 298 valence electrons. The van der Waals surface area contributed by atoms with Crippen molar-refractivity contribution in [2.24, 2.45) is 10.8 Å². The van der Waals surface area contributed by atoms with Gasteiger partial charge in [-0.3, -0.25) is 9.32 Å². The second-order valence-electron chi connectivity index (χ2n) is 11.7. The molecule has 2 aromatic heterocycles. The fraction of sp³-hybridized carbons (Fsp3) is 0.469. The molecule has 6 atom stereocenters. The SMILES string of the molecule is C=[PH](O)OP(=O)(O)OC[C@H]1O[C@@H](n2cc(C#CCNC(=O)CCCCOCSSCCN)c3c(N)ncnc32)CC1OC(=O)c1ccccc1C(C)N=[N+]=[N-]. The second-order valence-corrected chi connectivity index (χ2v) is 17.0. The van der Waals surface area contributed by atoms with Crippen LogP contribution < -0.4 is 16.8 Å². The average Bonchev–Trinajstić information content (AvgIpc) is 3.73. The molecule has 3 aromatic rings. The van der Waals surface area contributed by atoms with Crippen molar-refractivity contribution >= 4 is 72.4 Å². The third kappa shape index (κ3) is 13.5. The lowest BCUT2D eigenvalue weighted by Gasteiger charge is -2.21. The number of azide groups is 1. The molecular weight excluding hydrogens is 796 g/mol. The third-order valence-electron chi connectivity index (χ3n) is 7.82. The molecule has 4 unspecified atom stereocenters. The Bertz CT molecular complexity index is 1970. The predicted molar refractivity (Wildman–Crippen MR) is 212 cm³/mol. The lowest BCUT2D eigenvalue weighted by Crippen LogP contribution is -2.31. The van der Waals surface area contributed by atoms with Gasteiger partial charge in [0, 0.05) is 42.9 Å². The number of phosphoric acid groups is 1. The number of ether oxygens (including phenoxy) is 3. The van der Waals surface area contributed by atoms with E-state index in [9.17, 15) is 23.9 Å². The number of unbranched alkanes of at least 4 members (excludes halogenated alkanes) is 1. The summed E-state index contributed by atoms with van der Waals surface area (Å²) in [6, 6.07) is 5.76. The van der Waals surface area contributed by atoms with Crippen LogP contribution in [0.4, 0.5) is 5.82 Å². The molecule has 1 aromatic carbocycles. The number of carbonyl (C=O) groups is 2. The molecule has 1 aliphatic heterocycles. The van der Waals surface area contributed by atoms with Crippen molar-refractivity contribution in [3.05, 3.63) is 63.9 Å². The molecule has 0 aliphatic carbocycles. The predicted octanol–water partition coefficient (Wildman–Crippen LogP) is 4.45. The molecule has 0 radical (unpaired) electrons.